The van der Waals surface area contributed by atoms with Crippen LogP contribution < -0.4 is 0 Å². The van der Waals surface area contributed by atoms with Crippen LogP contribution in [0.25, 0.3) is 0 Å². The summed E-state index contributed by atoms with van der Waals surface area (Å²) in [5, 5.41) is 10.2. The fourth-order valence-corrected chi connectivity index (χ4v) is 3.60. The van der Waals surface area contributed by atoms with Crippen LogP contribution in [0.1, 0.15) is 60.3 Å². The van der Waals surface area contributed by atoms with E-state index in [4.69, 9.17) is 9.47 Å². The average molecular weight is 284 g/mol. The average Bonchev–Trinajstić information content (AvgIpc) is 2.25. The Bertz CT molecular complexity index is 371. The van der Waals surface area contributed by atoms with Crippen molar-refractivity contribution in [2.75, 3.05) is 0 Å². The molecule has 1 saturated carbocycles. The van der Waals surface area contributed by atoms with E-state index in [1.807, 2.05) is 0 Å². The number of aliphatic hydroxyl groups is 1. The highest BCUT2D eigenvalue weighted by Gasteiger charge is 2.54. The third-order valence-electron chi connectivity index (χ3n) is 4.74. The van der Waals surface area contributed by atoms with Gasteiger partial charge in [0.15, 0.2) is 0 Å². The second-order valence-corrected chi connectivity index (χ2v) is 7.49. The van der Waals surface area contributed by atoms with Gasteiger partial charge in [0.25, 0.3) is 0 Å². The first kappa shape index (κ1) is 15.8. The molecule has 116 valence electrons. The lowest BCUT2D eigenvalue weighted by molar-refractivity contribution is -0.333. The smallest absolute Gasteiger partial charge is 0.311 e. The maximum absolute atomic E-state index is 12.1. The van der Waals surface area contributed by atoms with Gasteiger partial charge in [-0.1, -0.05) is 20.8 Å². The van der Waals surface area contributed by atoms with Crippen molar-refractivity contribution in [2.24, 2.45) is 17.8 Å². The van der Waals surface area contributed by atoms with Gasteiger partial charge in [-0.15, -0.1) is 0 Å². The van der Waals surface area contributed by atoms with E-state index >= 15 is 0 Å². The van der Waals surface area contributed by atoms with E-state index in [2.05, 4.69) is 20.8 Å². The van der Waals surface area contributed by atoms with Gasteiger partial charge in [0.05, 0.1) is 12.0 Å². The zero-order valence-electron chi connectivity index (χ0n) is 13.3. The van der Waals surface area contributed by atoms with Crippen LogP contribution in [0.4, 0.5) is 0 Å². The lowest BCUT2D eigenvalue weighted by Crippen LogP contribution is -2.59. The molecule has 4 atom stereocenters. The molecule has 0 radical (unpaired) electrons. The van der Waals surface area contributed by atoms with Gasteiger partial charge in [-0.25, -0.2) is 0 Å². The van der Waals surface area contributed by atoms with Crippen molar-refractivity contribution in [1.82, 2.24) is 0 Å². The molecule has 0 amide bonds. The van der Waals surface area contributed by atoms with Gasteiger partial charge in [0.1, 0.15) is 6.10 Å². The van der Waals surface area contributed by atoms with Crippen molar-refractivity contribution < 1.29 is 19.4 Å². The highest BCUT2D eigenvalue weighted by molar-refractivity contribution is 5.71. The molecule has 1 spiro atoms. The first-order chi connectivity index (χ1) is 9.14. The molecule has 1 aliphatic carbocycles. The third kappa shape index (κ3) is 3.01. The van der Waals surface area contributed by atoms with E-state index in [1.165, 1.54) is 0 Å². The summed E-state index contributed by atoms with van der Waals surface area (Å²) in [5.74, 6) is -0.0311. The monoisotopic (exact) mass is 284 g/mol. The van der Waals surface area contributed by atoms with Crippen molar-refractivity contribution in [1.29, 1.82) is 0 Å². The first-order valence-corrected chi connectivity index (χ1v) is 7.76. The number of rotatable bonds is 2. The lowest BCUT2D eigenvalue weighted by Gasteiger charge is -2.51. The van der Waals surface area contributed by atoms with Crippen LogP contribution in [0.5, 0.6) is 0 Å². The van der Waals surface area contributed by atoms with Gasteiger partial charge in [-0.2, -0.15) is 0 Å². The van der Waals surface area contributed by atoms with Gasteiger partial charge in [0, 0.05) is 12.3 Å². The molecule has 4 nitrogen and oxygen atoms in total. The quantitative estimate of drug-likeness (QED) is 0.792. The second kappa shape index (κ2) is 5.30. The van der Waals surface area contributed by atoms with Gasteiger partial charge in [-0.05, 0) is 38.5 Å². The Morgan fingerprint density at radius 3 is 2.55 bits per heavy atom. The predicted octanol–water partition coefficient (Wildman–Crippen LogP) is 2.88. The van der Waals surface area contributed by atoms with Gasteiger partial charge < -0.3 is 14.6 Å². The van der Waals surface area contributed by atoms with Crippen molar-refractivity contribution in [3.05, 3.63) is 0 Å². The Labute approximate surface area is 121 Å². The van der Waals surface area contributed by atoms with E-state index in [9.17, 15) is 9.90 Å². The molecule has 0 aromatic carbocycles. The summed E-state index contributed by atoms with van der Waals surface area (Å²) < 4.78 is 11.9. The predicted molar refractivity (Wildman–Crippen MR) is 76.0 cm³/mol. The summed E-state index contributed by atoms with van der Waals surface area (Å²) in [6, 6.07) is 0. The molecule has 1 saturated heterocycles. The number of hydrogen-bond acceptors (Lipinski definition) is 4. The highest BCUT2D eigenvalue weighted by atomic mass is 16.7. The molecule has 1 N–H and O–H groups in total. The van der Waals surface area contributed by atoms with E-state index in [0.29, 0.717) is 11.8 Å². The Balaban J connectivity index is 2.30. The Hall–Kier alpha value is -0.610. The van der Waals surface area contributed by atoms with Crippen molar-refractivity contribution in [3.8, 4) is 0 Å². The van der Waals surface area contributed by atoms with Crippen LogP contribution in [0, 0.1) is 17.8 Å². The SMILES string of the molecule is CC(C)[C@@H]1CC[C@@H](C)C[C@]12OC(=O)C[C@H](C(C)(C)O)O2. The summed E-state index contributed by atoms with van der Waals surface area (Å²) in [4.78, 5) is 12.1. The minimum Gasteiger partial charge on any atom is -0.433 e. The topological polar surface area (TPSA) is 55.8 Å². The van der Waals surface area contributed by atoms with Crippen LogP contribution in [0.2, 0.25) is 0 Å². The molecule has 2 aliphatic rings. The normalized spacial score (nSPS) is 39.1. The molecule has 1 heterocycles. The summed E-state index contributed by atoms with van der Waals surface area (Å²) in [6.07, 6.45) is 2.51. The van der Waals surface area contributed by atoms with E-state index in [0.717, 1.165) is 19.3 Å². The molecule has 2 fully saturated rings. The van der Waals surface area contributed by atoms with Crippen LogP contribution in [-0.2, 0) is 14.3 Å². The zero-order chi connectivity index (χ0) is 15.1. The van der Waals surface area contributed by atoms with E-state index < -0.39 is 17.5 Å². The molecular weight excluding hydrogens is 256 g/mol. The van der Waals surface area contributed by atoms with Gasteiger partial charge >= 0.3 is 5.97 Å². The van der Waals surface area contributed by atoms with Gasteiger partial charge in [0.2, 0.25) is 5.79 Å². The molecule has 0 bridgehead atoms. The third-order valence-corrected chi connectivity index (χ3v) is 4.74. The maximum atomic E-state index is 12.1. The summed E-state index contributed by atoms with van der Waals surface area (Å²) >= 11 is 0. The molecule has 0 aromatic rings. The second-order valence-electron chi connectivity index (χ2n) is 7.49. The van der Waals surface area contributed by atoms with Crippen LogP contribution in [-0.4, -0.2) is 28.6 Å². The first-order valence-electron chi connectivity index (χ1n) is 7.76. The lowest BCUT2D eigenvalue weighted by atomic mass is 9.72. The van der Waals surface area contributed by atoms with Crippen LogP contribution in [0.15, 0.2) is 0 Å². The number of ether oxygens (including phenoxy) is 2. The number of hydrogen-bond donors (Lipinski definition) is 1. The fourth-order valence-electron chi connectivity index (χ4n) is 3.60. The van der Waals surface area contributed by atoms with Crippen molar-refractivity contribution in [3.63, 3.8) is 0 Å². The molecule has 0 aromatic heterocycles. The molecule has 20 heavy (non-hydrogen) atoms. The maximum Gasteiger partial charge on any atom is 0.311 e. The van der Waals surface area contributed by atoms with Gasteiger partial charge in [-0.3, -0.25) is 4.79 Å². The molecule has 1 aliphatic heterocycles. The Morgan fingerprint density at radius 1 is 1.35 bits per heavy atom. The minimum atomic E-state index is -1.03. The number of carbonyl (C=O) groups is 1. The van der Waals surface area contributed by atoms with E-state index in [-0.39, 0.29) is 18.3 Å². The van der Waals surface area contributed by atoms with E-state index in [1.54, 1.807) is 13.8 Å². The molecule has 2 rings (SSSR count). The Morgan fingerprint density at radius 2 is 2.00 bits per heavy atom. The fraction of sp³-hybridized carbons (Fsp3) is 0.938. The van der Waals surface area contributed by atoms with Crippen molar-refractivity contribution >= 4 is 5.97 Å². The Kier molecular flexibility index (Phi) is 4.18. The van der Waals surface area contributed by atoms with Crippen LogP contribution in [0.3, 0.4) is 0 Å². The van der Waals surface area contributed by atoms with Crippen LogP contribution >= 0.6 is 0 Å². The molecule has 0 unspecified atom stereocenters. The number of carbonyl (C=O) groups excluding carboxylic acids is 1. The standard InChI is InChI=1S/C16H28O4/c1-10(2)12-7-6-11(3)9-16(12)19-13(15(4,5)18)8-14(17)20-16/h10-13,18H,6-9H2,1-5H3/t11-,12+,13-,16+/m1/s1. The number of esters is 1. The van der Waals surface area contributed by atoms with Crippen molar-refractivity contribution in [2.45, 2.75) is 77.8 Å². The molecule has 4 heteroatoms. The molecular formula is C16H28O4. The zero-order valence-corrected chi connectivity index (χ0v) is 13.3. The minimum absolute atomic E-state index is 0.129. The highest BCUT2D eigenvalue weighted by Crippen LogP contribution is 2.47. The summed E-state index contributed by atoms with van der Waals surface area (Å²) in [6.45, 7) is 9.85. The summed E-state index contributed by atoms with van der Waals surface area (Å²) in [5.41, 5.74) is -1.03. The summed E-state index contributed by atoms with van der Waals surface area (Å²) in [7, 11) is 0. The largest absolute Gasteiger partial charge is 0.433 e.